The van der Waals surface area contributed by atoms with Crippen molar-refractivity contribution in [3.05, 3.63) is 35.6 Å². The van der Waals surface area contributed by atoms with Crippen LogP contribution in [0.5, 0.6) is 0 Å². The molecule has 0 spiro atoms. The molecule has 1 N–H and O–H groups in total. The van der Waals surface area contributed by atoms with Gasteiger partial charge in [-0.25, -0.2) is 4.39 Å². The lowest BCUT2D eigenvalue weighted by Gasteiger charge is -2.29. The molecule has 0 radical (unpaired) electrons. The van der Waals surface area contributed by atoms with Crippen molar-refractivity contribution in [2.45, 2.75) is 31.7 Å². The van der Waals surface area contributed by atoms with Gasteiger partial charge in [0, 0.05) is 31.7 Å². The number of piperidine rings is 1. The highest BCUT2D eigenvalue weighted by Crippen LogP contribution is 2.14. The van der Waals surface area contributed by atoms with E-state index in [4.69, 9.17) is 0 Å². The number of halogens is 1. The normalized spacial score (nSPS) is 22.1. The van der Waals surface area contributed by atoms with E-state index in [-0.39, 0.29) is 23.7 Å². The zero-order valence-electron chi connectivity index (χ0n) is 13.8. The average Bonchev–Trinajstić information content (AvgIpc) is 2.88. The molecular formula is C18H24FN3O2. The summed E-state index contributed by atoms with van der Waals surface area (Å²) in [5, 5.41) is 3.29. The maximum absolute atomic E-state index is 13.0. The molecule has 5 nitrogen and oxygen atoms in total. The Labute approximate surface area is 141 Å². The van der Waals surface area contributed by atoms with E-state index >= 15 is 0 Å². The molecule has 0 aromatic heterocycles. The van der Waals surface area contributed by atoms with Gasteiger partial charge in [-0.05, 0) is 50.1 Å². The number of nitrogens with zero attached hydrogens (tertiary/aromatic N) is 2. The summed E-state index contributed by atoms with van der Waals surface area (Å²) in [5.41, 5.74) is 0.491. The lowest BCUT2D eigenvalue weighted by atomic mass is 10.0. The number of amides is 2. The van der Waals surface area contributed by atoms with E-state index in [0.717, 1.165) is 32.2 Å². The SMILES string of the molecule is O=C(c1ccc(F)cc1)N1CCCN(C(=O)C2CCCCN2)CC1. The first-order valence-corrected chi connectivity index (χ1v) is 8.72. The van der Waals surface area contributed by atoms with Crippen LogP contribution in [0, 0.1) is 5.82 Å². The third kappa shape index (κ3) is 3.93. The summed E-state index contributed by atoms with van der Waals surface area (Å²) in [4.78, 5) is 28.8. The molecule has 6 heteroatoms. The molecule has 2 aliphatic heterocycles. The van der Waals surface area contributed by atoms with Crippen molar-refractivity contribution < 1.29 is 14.0 Å². The second kappa shape index (κ2) is 7.75. The predicted molar refractivity (Wildman–Crippen MR) is 89.1 cm³/mol. The van der Waals surface area contributed by atoms with Crippen LogP contribution in [0.1, 0.15) is 36.0 Å². The standard InChI is InChI=1S/C18H24FN3O2/c19-15-7-5-14(6-8-15)17(23)21-10-3-11-22(13-12-21)18(24)16-4-1-2-9-20-16/h5-8,16,20H,1-4,9-13H2. The highest BCUT2D eigenvalue weighted by Gasteiger charge is 2.28. The van der Waals surface area contributed by atoms with Gasteiger partial charge in [-0.3, -0.25) is 9.59 Å². The molecule has 130 valence electrons. The molecule has 1 aromatic carbocycles. The fourth-order valence-electron chi connectivity index (χ4n) is 3.40. The molecule has 2 heterocycles. The Morgan fingerprint density at radius 1 is 0.958 bits per heavy atom. The van der Waals surface area contributed by atoms with Crippen LogP contribution < -0.4 is 5.32 Å². The van der Waals surface area contributed by atoms with Crippen molar-refractivity contribution in [1.82, 2.24) is 15.1 Å². The molecule has 1 aromatic rings. The minimum atomic E-state index is -0.348. The van der Waals surface area contributed by atoms with Gasteiger partial charge in [0.1, 0.15) is 5.82 Å². The van der Waals surface area contributed by atoms with Crippen LogP contribution in [0.15, 0.2) is 24.3 Å². The lowest BCUT2D eigenvalue weighted by molar-refractivity contribution is -0.133. The van der Waals surface area contributed by atoms with Gasteiger partial charge in [0.05, 0.1) is 6.04 Å². The Balaban J connectivity index is 1.59. The third-order valence-electron chi connectivity index (χ3n) is 4.79. The van der Waals surface area contributed by atoms with Crippen LogP contribution in [0.2, 0.25) is 0 Å². The summed E-state index contributed by atoms with van der Waals surface area (Å²) < 4.78 is 13.0. The van der Waals surface area contributed by atoms with Crippen LogP contribution in [0.4, 0.5) is 4.39 Å². The fourth-order valence-corrected chi connectivity index (χ4v) is 3.40. The Kier molecular flexibility index (Phi) is 5.45. The van der Waals surface area contributed by atoms with Crippen molar-refractivity contribution in [2.24, 2.45) is 0 Å². The smallest absolute Gasteiger partial charge is 0.253 e. The van der Waals surface area contributed by atoms with E-state index in [1.807, 2.05) is 4.90 Å². The van der Waals surface area contributed by atoms with Crippen LogP contribution >= 0.6 is 0 Å². The highest BCUT2D eigenvalue weighted by atomic mass is 19.1. The number of carbonyl (C=O) groups is 2. The first kappa shape index (κ1) is 16.9. The van der Waals surface area contributed by atoms with E-state index in [2.05, 4.69) is 5.32 Å². The maximum Gasteiger partial charge on any atom is 0.253 e. The molecule has 2 aliphatic rings. The monoisotopic (exact) mass is 333 g/mol. The predicted octanol–water partition coefficient (Wildman–Crippen LogP) is 1.64. The Hall–Kier alpha value is -1.95. The fraction of sp³-hybridized carbons (Fsp3) is 0.556. The van der Waals surface area contributed by atoms with Gasteiger partial charge < -0.3 is 15.1 Å². The Morgan fingerprint density at radius 2 is 1.67 bits per heavy atom. The number of carbonyl (C=O) groups excluding carboxylic acids is 2. The number of hydrogen-bond acceptors (Lipinski definition) is 3. The van der Waals surface area contributed by atoms with E-state index < -0.39 is 0 Å². The summed E-state index contributed by atoms with van der Waals surface area (Å²) in [5.74, 6) is -0.287. The summed E-state index contributed by atoms with van der Waals surface area (Å²) in [7, 11) is 0. The molecule has 3 rings (SSSR count). The van der Waals surface area contributed by atoms with Crippen molar-refractivity contribution >= 4 is 11.8 Å². The third-order valence-corrected chi connectivity index (χ3v) is 4.79. The minimum absolute atomic E-state index is 0.0712. The maximum atomic E-state index is 13.0. The molecule has 2 fully saturated rings. The van der Waals surface area contributed by atoms with Gasteiger partial charge in [-0.1, -0.05) is 6.42 Å². The molecule has 24 heavy (non-hydrogen) atoms. The van der Waals surface area contributed by atoms with Crippen LogP contribution in [-0.4, -0.2) is 60.4 Å². The Morgan fingerprint density at radius 3 is 2.38 bits per heavy atom. The molecule has 2 saturated heterocycles. The molecule has 2 amide bonds. The highest BCUT2D eigenvalue weighted by molar-refractivity contribution is 5.94. The second-order valence-electron chi connectivity index (χ2n) is 6.48. The number of rotatable bonds is 2. The lowest BCUT2D eigenvalue weighted by Crippen LogP contribution is -2.49. The molecule has 1 unspecified atom stereocenters. The topological polar surface area (TPSA) is 52.7 Å². The molecular weight excluding hydrogens is 309 g/mol. The molecule has 0 aliphatic carbocycles. The van der Waals surface area contributed by atoms with Crippen molar-refractivity contribution in [1.29, 1.82) is 0 Å². The number of hydrogen-bond donors (Lipinski definition) is 1. The van der Waals surface area contributed by atoms with Crippen LogP contribution in [0.25, 0.3) is 0 Å². The zero-order chi connectivity index (χ0) is 16.9. The van der Waals surface area contributed by atoms with Crippen LogP contribution in [0.3, 0.4) is 0 Å². The second-order valence-corrected chi connectivity index (χ2v) is 6.48. The minimum Gasteiger partial charge on any atom is -0.340 e. The van der Waals surface area contributed by atoms with Crippen molar-refractivity contribution in [3.63, 3.8) is 0 Å². The van der Waals surface area contributed by atoms with E-state index in [0.29, 0.717) is 31.7 Å². The van der Waals surface area contributed by atoms with E-state index in [9.17, 15) is 14.0 Å². The van der Waals surface area contributed by atoms with Gasteiger partial charge in [-0.15, -0.1) is 0 Å². The first-order chi connectivity index (χ1) is 11.6. The van der Waals surface area contributed by atoms with Gasteiger partial charge in [0.25, 0.3) is 5.91 Å². The largest absolute Gasteiger partial charge is 0.340 e. The average molecular weight is 333 g/mol. The zero-order valence-corrected chi connectivity index (χ0v) is 13.8. The van der Waals surface area contributed by atoms with E-state index in [1.165, 1.54) is 24.3 Å². The van der Waals surface area contributed by atoms with Crippen molar-refractivity contribution in [3.8, 4) is 0 Å². The summed E-state index contributed by atoms with van der Waals surface area (Å²) in [6.07, 6.45) is 3.88. The summed E-state index contributed by atoms with van der Waals surface area (Å²) >= 11 is 0. The Bertz CT molecular complexity index is 584. The number of nitrogens with one attached hydrogen (secondary N) is 1. The van der Waals surface area contributed by atoms with Gasteiger partial charge in [0.2, 0.25) is 5.91 Å². The van der Waals surface area contributed by atoms with Crippen LogP contribution in [-0.2, 0) is 4.79 Å². The first-order valence-electron chi connectivity index (χ1n) is 8.72. The van der Waals surface area contributed by atoms with Gasteiger partial charge in [-0.2, -0.15) is 0 Å². The molecule has 0 saturated carbocycles. The van der Waals surface area contributed by atoms with Crippen molar-refractivity contribution in [2.75, 3.05) is 32.7 Å². The van der Waals surface area contributed by atoms with Gasteiger partial charge >= 0.3 is 0 Å². The van der Waals surface area contributed by atoms with Gasteiger partial charge in [0.15, 0.2) is 0 Å². The summed E-state index contributed by atoms with van der Waals surface area (Å²) in [6, 6.07) is 5.55. The van der Waals surface area contributed by atoms with E-state index in [1.54, 1.807) is 4.90 Å². The molecule has 0 bridgehead atoms. The quantitative estimate of drug-likeness (QED) is 0.895. The summed E-state index contributed by atoms with van der Waals surface area (Å²) in [6.45, 7) is 3.29. The number of benzene rings is 1. The molecule has 1 atom stereocenters.